The molecule has 14 heavy (non-hydrogen) atoms. The summed E-state index contributed by atoms with van der Waals surface area (Å²) in [6, 6.07) is 2.88. The topological polar surface area (TPSA) is 20.2 Å². The first kappa shape index (κ1) is 11.3. The molecule has 1 N–H and O–H groups in total. The highest BCUT2D eigenvalue weighted by Gasteiger charge is 2.31. The van der Waals surface area contributed by atoms with E-state index in [1.807, 2.05) is 0 Å². The quantitative estimate of drug-likeness (QED) is 0.775. The molecule has 1 aromatic rings. The Labute approximate surface area is 84.1 Å². The maximum atomic E-state index is 12.2. The number of hydrogen-bond acceptors (Lipinski definition) is 1. The summed E-state index contributed by atoms with van der Waals surface area (Å²) in [4.78, 5) is 0. The van der Waals surface area contributed by atoms with Gasteiger partial charge in [0.05, 0.1) is 11.7 Å². The maximum Gasteiger partial charge on any atom is 0.416 e. The summed E-state index contributed by atoms with van der Waals surface area (Å²) in [5.41, 5.74) is -0.522. The second-order valence-electron chi connectivity index (χ2n) is 2.91. The molecule has 0 saturated heterocycles. The lowest BCUT2D eigenvalue weighted by Crippen LogP contribution is -2.05. The van der Waals surface area contributed by atoms with Crippen LogP contribution in [0.15, 0.2) is 18.2 Å². The minimum atomic E-state index is -4.40. The van der Waals surface area contributed by atoms with Crippen molar-refractivity contribution in [3.63, 3.8) is 0 Å². The van der Waals surface area contributed by atoms with E-state index in [0.717, 1.165) is 12.1 Å². The summed E-state index contributed by atoms with van der Waals surface area (Å²) in [6.07, 6.45) is -5.27. The molecule has 0 amide bonds. The van der Waals surface area contributed by atoms with Crippen LogP contribution in [0, 0.1) is 0 Å². The lowest BCUT2D eigenvalue weighted by molar-refractivity contribution is -0.137. The van der Waals surface area contributed by atoms with Gasteiger partial charge in [0.15, 0.2) is 0 Å². The second-order valence-corrected chi connectivity index (χ2v) is 3.32. The summed E-state index contributed by atoms with van der Waals surface area (Å²) < 4.78 is 36.5. The van der Waals surface area contributed by atoms with Gasteiger partial charge >= 0.3 is 6.18 Å². The average molecular weight is 225 g/mol. The molecule has 1 atom stereocenters. The number of benzene rings is 1. The Hall–Kier alpha value is -0.740. The van der Waals surface area contributed by atoms with Crippen LogP contribution in [-0.2, 0) is 6.18 Å². The van der Waals surface area contributed by atoms with Gasteiger partial charge in [-0.2, -0.15) is 13.2 Å². The highest BCUT2D eigenvalue weighted by molar-refractivity contribution is 6.31. The van der Waals surface area contributed by atoms with Crippen LogP contribution in [0.2, 0.25) is 5.02 Å². The molecule has 78 valence electrons. The molecule has 5 heteroatoms. The molecule has 0 aromatic heterocycles. The van der Waals surface area contributed by atoms with E-state index in [-0.39, 0.29) is 5.02 Å². The number of halogens is 4. The summed E-state index contributed by atoms with van der Waals surface area (Å²) in [7, 11) is 0. The first-order valence-corrected chi connectivity index (χ1v) is 4.25. The molecule has 1 rings (SSSR count). The normalized spacial score (nSPS) is 14.1. The zero-order chi connectivity index (χ0) is 10.9. The van der Waals surface area contributed by atoms with Crippen LogP contribution < -0.4 is 0 Å². The van der Waals surface area contributed by atoms with Gasteiger partial charge in [0.1, 0.15) is 0 Å². The fourth-order valence-corrected chi connectivity index (χ4v) is 1.38. The highest BCUT2D eigenvalue weighted by Crippen LogP contribution is 2.33. The van der Waals surface area contributed by atoms with Crippen molar-refractivity contribution >= 4 is 11.6 Å². The minimum Gasteiger partial charge on any atom is -0.389 e. The van der Waals surface area contributed by atoms with Crippen molar-refractivity contribution < 1.29 is 18.3 Å². The number of alkyl halides is 3. The minimum absolute atomic E-state index is 0.0742. The Kier molecular flexibility index (Phi) is 3.07. The van der Waals surface area contributed by atoms with Gasteiger partial charge in [-0.15, -0.1) is 0 Å². The van der Waals surface area contributed by atoms with E-state index in [0.29, 0.717) is 5.56 Å². The fraction of sp³-hybridized carbons (Fsp3) is 0.333. The summed E-state index contributed by atoms with van der Waals surface area (Å²) in [5, 5.41) is 9.06. The highest BCUT2D eigenvalue weighted by atomic mass is 35.5. The lowest BCUT2D eigenvalue weighted by atomic mass is 10.1. The van der Waals surface area contributed by atoms with Crippen LogP contribution in [0.3, 0.4) is 0 Å². The van der Waals surface area contributed by atoms with Gasteiger partial charge in [-0.1, -0.05) is 17.7 Å². The molecule has 1 nitrogen and oxygen atoms in total. The summed E-state index contributed by atoms with van der Waals surface area (Å²) in [6.45, 7) is 1.44. The largest absolute Gasteiger partial charge is 0.416 e. The van der Waals surface area contributed by atoms with Crippen LogP contribution in [0.1, 0.15) is 24.2 Å². The van der Waals surface area contributed by atoms with E-state index in [9.17, 15) is 13.2 Å². The molecule has 0 radical (unpaired) electrons. The molecule has 1 aromatic carbocycles. The molecule has 0 fully saturated rings. The Bertz CT molecular complexity index is 333. The van der Waals surface area contributed by atoms with Gasteiger partial charge in [-0.3, -0.25) is 0 Å². The first-order chi connectivity index (χ1) is 6.32. The molecule has 0 aliphatic heterocycles. The van der Waals surface area contributed by atoms with E-state index in [2.05, 4.69) is 0 Å². The van der Waals surface area contributed by atoms with E-state index < -0.39 is 17.8 Å². The van der Waals surface area contributed by atoms with Gasteiger partial charge in [0, 0.05) is 5.02 Å². The molecule has 0 aliphatic carbocycles. The predicted octanol–water partition coefficient (Wildman–Crippen LogP) is 3.41. The van der Waals surface area contributed by atoms with Gasteiger partial charge in [-0.25, -0.2) is 0 Å². The molecule has 0 spiro atoms. The van der Waals surface area contributed by atoms with Crippen molar-refractivity contribution in [1.29, 1.82) is 0 Å². The van der Waals surface area contributed by atoms with Crippen LogP contribution in [0.5, 0.6) is 0 Å². The zero-order valence-electron chi connectivity index (χ0n) is 7.27. The van der Waals surface area contributed by atoms with E-state index in [1.54, 1.807) is 0 Å². The molecule has 0 heterocycles. The van der Waals surface area contributed by atoms with Crippen molar-refractivity contribution in [2.75, 3.05) is 0 Å². The number of aliphatic hydroxyl groups is 1. The van der Waals surface area contributed by atoms with Crippen LogP contribution in [-0.4, -0.2) is 5.11 Å². The number of hydrogen-bond donors (Lipinski definition) is 1. The Morgan fingerprint density at radius 1 is 1.36 bits per heavy atom. The monoisotopic (exact) mass is 224 g/mol. The van der Waals surface area contributed by atoms with E-state index in [4.69, 9.17) is 16.7 Å². The third-order valence-corrected chi connectivity index (χ3v) is 2.11. The average Bonchev–Trinajstić information content (AvgIpc) is 2.01. The van der Waals surface area contributed by atoms with E-state index >= 15 is 0 Å². The Morgan fingerprint density at radius 3 is 2.29 bits per heavy atom. The Morgan fingerprint density at radius 2 is 1.93 bits per heavy atom. The smallest absolute Gasteiger partial charge is 0.389 e. The van der Waals surface area contributed by atoms with Crippen molar-refractivity contribution in [2.45, 2.75) is 19.2 Å². The van der Waals surface area contributed by atoms with Crippen LogP contribution >= 0.6 is 11.6 Å². The lowest BCUT2D eigenvalue weighted by Gasteiger charge is -2.11. The standard InChI is InChI=1S/C9H8ClF3O/c1-5(14)7-3-2-6(4-8(7)10)9(11,12)13/h2-5,14H,1H3. The summed E-state index contributed by atoms with van der Waals surface area (Å²) >= 11 is 5.57. The van der Waals surface area contributed by atoms with Crippen molar-refractivity contribution in [1.82, 2.24) is 0 Å². The molecule has 0 aliphatic rings. The van der Waals surface area contributed by atoms with Gasteiger partial charge in [0.25, 0.3) is 0 Å². The summed E-state index contributed by atoms with van der Waals surface area (Å²) in [5.74, 6) is 0. The van der Waals surface area contributed by atoms with Crippen molar-refractivity contribution in [3.8, 4) is 0 Å². The fourth-order valence-electron chi connectivity index (χ4n) is 1.04. The number of rotatable bonds is 1. The maximum absolute atomic E-state index is 12.2. The first-order valence-electron chi connectivity index (χ1n) is 3.87. The van der Waals surface area contributed by atoms with E-state index in [1.165, 1.54) is 13.0 Å². The van der Waals surface area contributed by atoms with Crippen LogP contribution in [0.4, 0.5) is 13.2 Å². The number of aliphatic hydroxyl groups excluding tert-OH is 1. The molecule has 0 saturated carbocycles. The molecular weight excluding hydrogens is 217 g/mol. The van der Waals surface area contributed by atoms with Gasteiger partial charge in [0.2, 0.25) is 0 Å². The molecule has 1 unspecified atom stereocenters. The van der Waals surface area contributed by atoms with Crippen LogP contribution in [0.25, 0.3) is 0 Å². The SMILES string of the molecule is CC(O)c1ccc(C(F)(F)F)cc1Cl. The van der Waals surface area contributed by atoms with Gasteiger partial charge < -0.3 is 5.11 Å². The third-order valence-electron chi connectivity index (χ3n) is 1.78. The van der Waals surface area contributed by atoms with Gasteiger partial charge in [-0.05, 0) is 24.6 Å². The van der Waals surface area contributed by atoms with Crippen molar-refractivity contribution in [2.24, 2.45) is 0 Å². The molecular formula is C9H8ClF3O. The van der Waals surface area contributed by atoms with Crippen molar-refractivity contribution in [3.05, 3.63) is 34.3 Å². The Balaban J connectivity index is 3.13. The predicted molar refractivity (Wildman–Crippen MR) is 47.1 cm³/mol. The molecule has 0 bridgehead atoms. The zero-order valence-corrected chi connectivity index (χ0v) is 8.02. The third kappa shape index (κ3) is 2.39. The second kappa shape index (κ2) is 3.79.